The molecular weight excluding hydrogens is 232 g/mol. The molecule has 1 aliphatic rings. The van der Waals surface area contributed by atoms with Crippen LogP contribution in [0, 0.1) is 5.92 Å². The zero-order valence-corrected chi connectivity index (χ0v) is 11.3. The predicted molar refractivity (Wildman–Crippen MR) is 70.3 cm³/mol. The van der Waals surface area contributed by atoms with Gasteiger partial charge in [-0.3, -0.25) is 4.79 Å². The highest BCUT2D eigenvalue weighted by Gasteiger charge is 2.16. The van der Waals surface area contributed by atoms with Gasteiger partial charge in [0.2, 0.25) is 5.91 Å². The van der Waals surface area contributed by atoms with Crippen molar-refractivity contribution in [1.82, 2.24) is 20.9 Å². The Bertz CT molecular complexity index is 275. The average molecular weight is 256 g/mol. The highest BCUT2D eigenvalue weighted by molar-refractivity contribution is 5.76. The molecule has 6 nitrogen and oxygen atoms in total. The second kappa shape index (κ2) is 7.92. The number of urea groups is 1. The van der Waals surface area contributed by atoms with Gasteiger partial charge in [-0.05, 0) is 31.8 Å². The maximum Gasteiger partial charge on any atom is 0.316 e. The molecule has 1 fully saturated rings. The van der Waals surface area contributed by atoms with E-state index < -0.39 is 0 Å². The van der Waals surface area contributed by atoms with Crippen molar-refractivity contribution < 1.29 is 9.59 Å². The summed E-state index contributed by atoms with van der Waals surface area (Å²) in [6.07, 6.45) is 2.75. The van der Waals surface area contributed by atoms with Gasteiger partial charge in [0, 0.05) is 33.6 Å². The minimum Gasteiger partial charge on any atom is -0.354 e. The van der Waals surface area contributed by atoms with E-state index in [1.807, 2.05) is 0 Å². The largest absolute Gasteiger partial charge is 0.354 e. The summed E-state index contributed by atoms with van der Waals surface area (Å²) in [6, 6.07) is -0.136. The summed E-state index contributed by atoms with van der Waals surface area (Å²) in [4.78, 5) is 24.3. The fourth-order valence-corrected chi connectivity index (χ4v) is 1.95. The summed E-state index contributed by atoms with van der Waals surface area (Å²) in [5, 5.41) is 8.81. The Morgan fingerprint density at radius 3 is 2.39 bits per heavy atom. The normalized spacial score (nSPS) is 16.1. The fraction of sp³-hybridized carbons (Fsp3) is 0.833. The summed E-state index contributed by atoms with van der Waals surface area (Å²) in [7, 11) is 3.37. The van der Waals surface area contributed by atoms with Crippen molar-refractivity contribution in [3.8, 4) is 0 Å². The molecule has 0 atom stereocenters. The number of nitrogens with zero attached hydrogens (tertiary/aromatic N) is 1. The van der Waals surface area contributed by atoms with Crippen molar-refractivity contribution in [3.05, 3.63) is 0 Å². The molecule has 0 bridgehead atoms. The van der Waals surface area contributed by atoms with Crippen LogP contribution < -0.4 is 16.0 Å². The highest BCUT2D eigenvalue weighted by atomic mass is 16.2. The van der Waals surface area contributed by atoms with Crippen LogP contribution in [0.5, 0.6) is 0 Å². The SMILES string of the molecule is CN(C)C(=O)NCCNC(=O)CC1CCNCC1. The van der Waals surface area contributed by atoms with Crippen LogP contribution >= 0.6 is 0 Å². The summed E-state index contributed by atoms with van der Waals surface area (Å²) < 4.78 is 0. The minimum absolute atomic E-state index is 0.0843. The second-order valence-corrected chi connectivity index (χ2v) is 4.87. The number of rotatable bonds is 5. The first-order valence-electron chi connectivity index (χ1n) is 6.52. The molecule has 3 amide bonds. The van der Waals surface area contributed by atoms with E-state index in [0.29, 0.717) is 25.4 Å². The Labute approximate surface area is 108 Å². The summed E-state index contributed by atoms with van der Waals surface area (Å²) in [6.45, 7) is 2.98. The Hall–Kier alpha value is -1.30. The molecule has 1 heterocycles. The maximum absolute atomic E-state index is 11.6. The van der Waals surface area contributed by atoms with E-state index in [0.717, 1.165) is 25.9 Å². The lowest BCUT2D eigenvalue weighted by atomic mass is 9.94. The summed E-state index contributed by atoms with van der Waals surface area (Å²) in [5.41, 5.74) is 0. The molecule has 0 spiro atoms. The first kappa shape index (κ1) is 14.8. The second-order valence-electron chi connectivity index (χ2n) is 4.87. The molecule has 0 saturated carbocycles. The van der Waals surface area contributed by atoms with Crippen LogP contribution in [0.4, 0.5) is 4.79 Å². The number of piperidine rings is 1. The van der Waals surface area contributed by atoms with E-state index in [2.05, 4.69) is 16.0 Å². The lowest BCUT2D eigenvalue weighted by Gasteiger charge is -2.22. The van der Waals surface area contributed by atoms with Gasteiger partial charge >= 0.3 is 6.03 Å². The van der Waals surface area contributed by atoms with Crippen LogP contribution in [0.1, 0.15) is 19.3 Å². The fourth-order valence-electron chi connectivity index (χ4n) is 1.95. The smallest absolute Gasteiger partial charge is 0.316 e. The number of hydrogen-bond donors (Lipinski definition) is 3. The van der Waals surface area contributed by atoms with Crippen LogP contribution in [0.2, 0.25) is 0 Å². The third kappa shape index (κ3) is 5.86. The lowest BCUT2D eigenvalue weighted by Crippen LogP contribution is -2.40. The Balaban J connectivity index is 2.04. The monoisotopic (exact) mass is 256 g/mol. The van der Waals surface area contributed by atoms with Crippen LogP contribution in [0.15, 0.2) is 0 Å². The van der Waals surface area contributed by atoms with Crippen molar-refractivity contribution in [2.24, 2.45) is 5.92 Å². The predicted octanol–water partition coefficient (Wildman–Crippen LogP) is -0.236. The third-order valence-corrected chi connectivity index (χ3v) is 3.06. The van der Waals surface area contributed by atoms with Gasteiger partial charge in [-0.15, -0.1) is 0 Å². The van der Waals surface area contributed by atoms with E-state index >= 15 is 0 Å². The molecule has 0 aromatic rings. The third-order valence-electron chi connectivity index (χ3n) is 3.06. The molecule has 0 aliphatic carbocycles. The minimum atomic E-state index is -0.136. The van der Waals surface area contributed by atoms with Crippen LogP contribution in [0.3, 0.4) is 0 Å². The van der Waals surface area contributed by atoms with Gasteiger partial charge < -0.3 is 20.9 Å². The molecule has 3 N–H and O–H groups in total. The van der Waals surface area contributed by atoms with Gasteiger partial charge in [0.05, 0.1) is 0 Å². The molecule has 104 valence electrons. The first-order chi connectivity index (χ1) is 8.59. The Morgan fingerprint density at radius 1 is 1.17 bits per heavy atom. The molecule has 6 heteroatoms. The van der Waals surface area contributed by atoms with E-state index in [1.54, 1.807) is 14.1 Å². The number of carbonyl (C=O) groups excluding carboxylic acids is 2. The van der Waals surface area contributed by atoms with E-state index in [4.69, 9.17) is 0 Å². The molecule has 1 saturated heterocycles. The van der Waals surface area contributed by atoms with Crippen molar-refractivity contribution in [2.75, 3.05) is 40.3 Å². The zero-order valence-electron chi connectivity index (χ0n) is 11.3. The number of carbonyl (C=O) groups is 2. The molecule has 1 rings (SSSR count). The number of hydrogen-bond acceptors (Lipinski definition) is 3. The molecule has 0 radical (unpaired) electrons. The van der Waals surface area contributed by atoms with Crippen LogP contribution in [-0.4, -0.2) is 57.1 Å². The Kier molecular flexibility index (Phi) is 6.49. The van der Waals surface area contributed by atoms with E-state index in [-0.39, 0.29) is 11.9 Å². The average Bonchev–Trinajstić information content (AvgIpc) is 2.35. The lowest BCUT2D eigenvalue weighted by molar-refractivity contribution is -0.122. The molecular formula is C12H24N4O2. The first-order valence-corrected chi connectivity index (χ1v) is 6.52. The van der Waals surface area contributed by atoms with Gasteiger partial charge in [0.25, 0.3) is 0 Å². The zero-order chi connectivity index (χ0) is 13.4. The number of nitrogens with one attached hydrogen (secondary N) is 3. The van der Waals surface area contributed by atoms with Gasteiger partial charge in [0.1, 0.15) is 0 Å². The van der Waals surface area contributed by atoms with Gasteiger partial charge in [-0.25, -0.2) is 4.79 Å². The molecule has 18 heavy (non-hydrogen) atoms. The van der Waals surface area contributed by atoms with Gasteiger partial charge in [0.15, 0.2) is 0 Å². The molecule has 0 unspecified atom stereocenters. The molecule has 1 aliphatic heterocycles. The summed E-state index contributed by atoms with van der Waals surface area (Å²) in [5.74, 6) is 0.587. The van der Waals surface area contributed by atoms with Gasteiger partial charge in [-0.1, -0.05) is 0 Å². The van der Waals surface area contributed by atoms with Crippen molar-refractivity contribution >= 4 is 11.9 Å². The van der Waals surface area contributed by atoms with Crippen LogP contribution in [0.25, 0.3) is 0 Å². The summed E-state index contributed by atoms with van der Waals surface area (Å²) >= 11 is 0. The van der Waals surface area contributed by atoms with E-state index in [9.17, 15) is 9.59 Å². The van der Waals surface area contributed by atoms with Crippen molar-refractivity contribution in [2.45, 2.75) is 19.3 Å². The van der Waals surface area contributed by atoms with Crippen molar-refractivity contribution in [1.29, 1.82) is 0 Å². The number of amides is 3. The highest BCUT2D eigenvalue weighted by Crippen LogP contribution is 2.15. The standard InChI is InChI=1S/C12H24N4O2/c1-16(2)12(18)15-8-7-14-11(17)9-10-3-5-13-6-4-10/h10,13H,3-9H2,1-2H3,(H,14,17)(H,15,18). The maximum atomic E-state index is 11.6. The van der Waals surface area contributed by atoms with Crippen LogP contribution in [-0.2, 0) is 4.79 Å². The topological polar surface area (TPSA) is 73.5 Å². The molecule has 0 aromatic carbocycles. The Morgan fingerprint density at radius 2 is 1.78 bits per heavy atom. The quantitative estimate of drug-likeness (QED) is 0.595. The van der Waals surface area contributed by atoms with Crippen molar-refractivity contribution in [3.63, 3.8) is 0 Å². The molecule has 0 aromatic heterocycles. The van der Waals surface area contributed by atoms with Gasteiger partial charge in [-0.2, -0.15) is 0 Å². The van der Waals surface area contributed by atoms with E-state index in [1.165, 1.54) is 4.90 Å².